The van der Waals surface area contributed by atoms with Gasteiger partial charge in [0.15, 0.2) is 5.82 Å². The van der Waals surface area contributed by atoms with Crippen LogP contribution in [0.25, 0.3) is 11.4 Å². The van der Waals surface area contributed by atoms with E-state index in [2.05, 4.69) is 24.9 Å². The predicted molar refractivity (Wildman–Crippen MR) is 70.5 cm³/mol. The Hall–Kier alpha value is -2.91. The molecule has 0 atom stereocenters. The minimum absolute atomic E-state index is 0.262. The van der Waals surface area contributed by atoms with Gasteiger partial charge in [0.1, 0.15) is 0 Å². The minimum Gasteiger partial charge on any atom is -0.386 e. The maximum atomic E-state index is 11.3. The van der Waals surface area contributed by atoms with Crippen LogP contribution in [0, 0.1) is 0 Å². The lowest BCUT2D eigenvalue weighted by molar-refractivity contribution is -0.201. The van der Waals surface area contributed by atoms with E-state index in [-0.39, 0.29) is 6.42 Å². The molecule has 2 rings (SSSR count). The second-order valence-electron chi connectivity index (χ2n) is 3.82. The smallest absolute Gasteiger partial charge is 0.386 e. The lowest BCUT2D eigenvalue weighted by atomic mass is 10.3. The SMILES string of the molecule is CCC(=O)OC(=O)C(F)(F)F.c1cnc(-c2ccnnc2)nc1. The number of carbonyl (C=O) groups excluding carboxylic acids is 2. The van der Waals surface area contributed by atoms with Gasteiger partial charge in [0.25, 0.3) is 0 Å². The van der Waals surface area contributed by atoms with E-state index in [1.807, 2.05) is 6.07 Å². The molecule has 2 aromatic rings. The molecule has 0 bridgehead atoms. The second-order valence-corrected chi connectivity index (χ2v) is 3.82. The van der Waals surface area contributed by atoms with Crippen LogP contribution >= 0.6 is 0 Å². The molecule has 122 valence electrons. The number of hydrogen-bond acceptors (Lipinski definition) is 7. The van der Waals surface area contributed by atoms with Crippen LogP contribution in [-0.4, -0.2) is 38.3 Å². The Morgan fingerprint density at radius 1 is 1.13 bits per heavy atom. The zero-order valence-corrected chi connectivity index (χ0v) is 11.8. The third-order valence-corrected chi connectivity index (χ3v) is 2.13. The third kappa shape index (κ3) is 6.59. The molecule has 0 fully saturated rings. The van der Waals surface area contributed by atoms with Crippen molar-refractivity contribution in [2.45, 2.75) is 19.5 Å². The molecular formula is C13H11F3N4O3. The number of aromatic nitrogens is 4. The highest BCUT2D eigenvalue weighted by atomic mass is 19.4. The van der Waals surface area contributed by atoms with Crippen LogP contribution in [0.3, 0.4) is 0 Å². The quantitative estimate of drug-likeness (QED) is 0.614. The summed E-state index contributed by atoms with van der Waals surface area (Å²) in [6.07, 6.45) is 1.29. The van der Waals surface area contributed by atoms with E-state index in [1.165, 1.54) is 6.92 Å². The molecule has 0 unspecified atom stereocenters. The molecule has 0 saturated carbocycles. The molecule has 0 saturated heterocycles. The Kier molecular flexibility index (Phi) is 6.71. The average Bonchev–Trinajstić information content (AvgIpc) is 2.56. The lowest BCUT2D eigenvalue weighted by Gasteiger charge is -2.03. The van der Waals surface area contributed by atoms with E-state index in [1.54, 1.807) is 30.9 Å². The van der Waals surface area contributed by atoms with Crippen molar-refractivity contribution in [1.29, 1.82) is 0 Å². The number of alkyl halides is 3. The Balaban J connectivity index is 0.000000232. The molecule has 0 aliphatic rings. The first-order valence-corrected chi connectivity index (χ1v) is 6.20. The second kappa shape index (κ2) is 8.51. The van der Waals surface area contributed by atoms with Gasteiger partial charge in [0.05, 0.1) is 12.4 Å². The summed E-state index contributed by atoms with van der Waals surface area (Å²) in [5.41, 5.74) is 0.880. The van der Waals surface area contributed by atoms with Crippen LogP contribution in [0.15, 0.2) is 36.9 Å². The summed E-state index contributed by atoms with van der Waals surface area (Å²) in [6.45, 7) is 1.28. The van der Waals surface area contributed by atoms with Crippen molar-refractivity contribution in [1.82, 2.24) is 20.2 Å². The van der Waals surface area contributed by atoms with Crippen LogP contribution in [0.5, 0.6) is 0 Å². The highest BCUT2D eigenvalue weighted by Gasteiger charge is 2.42. The molecule has 0 aromatic carbocycles. The number of hydrogen-bond donors (Lipinski definition) is 0. The first-order chi connectivity index (χ1) is 10.8. The molecule has 7 nitrogen and oxygen atoms in total. The van der Waals surface area contributed by atoms with Gasteiger partial charge in [-0.3, -0.25) is 4.79 Å². The summed E-state index contributed by atoms with van der Waals surface area (Å²) < 4.78 is 37.3. The fourth-order valence-corrected chi connectivity index (χ4v) is 1.10. The van der Waals surface area contributed by atoms with Crippen molar-refractivity contribution in [2.75, 3.05) is 0 Å². The first-order valence-electron chi connectivity index (χ1n) is 6.20. The van der Waals surface area contributed by atoms with Gasteiger partial charge in [-0.15, -0.1) is 0 Å². The van der Waals surface area contributed by atoms with E-state index >= 15 is 0 Å². The van der Waals surface area contributed by atoms with Crippen molar-refractivity contribution in [2.24, 2.45) is 0 Å². The van der Waals surface area contributed by atoms with Gasteiger partial charge in [-0.1, -0.05) is 6.92 Å². The van der Waals surface area contributed by atoms with Gasteiger partial charge in [-0.25, -0.2) is 14.8 Å². The monoisotopic (exact) mass is 328 g/mol. The topological polar surface area (TPSA) is 94.9 Å². The number of rotatable bonds is 2. The van der Waals surface area contributed by atoms with Gasteiger partial charge in [0, 0.05) is 24.4 Å². The van der Waals surface area contributed by atoms with Crippen molar-refractivity contribution in [3.05, 3.63) is 36.9 Å². The average molecular weight is 328 g/mol. The van der Waals surface area contributed by atoms with Gasteiger partial charge in [-0.2, -0.15) is 23.4 Å². The molecule has 2 heterocycles. The Morgan fingerprint density at radius 2 is 1.78 bits per heavy atom. The number of ether oxygens (including phenoxy) is 1. The molecule has 0 N–H and O–H groups in total. The fourth-order valence-electron chi connectivity index (χ4n) is 1.10. The third-order valence-electron chi connectivity index (χ3n) is 2.13. The maximum Gasteiger partial charge on any atom is 0.491 e. The maximum absolute atomic E-state index is 11.3. The van der Waals surface area contributed by atoms with E-state index in [4.69, 9.17) is 0 Å². The summed E-state index contributed by atoms with van der Waals surface area (Å²) >= 11 is 0. The standard InChI is InChI=1S/C8H6N4.C5H5F3O3/c1-3-9-8(10-4-1)7-2-5-11-12-6-7;1-2-3(9)11-4(10)5(6,7)8/h1-6H;2H2,1H3. The van der Waals surface area contributed by atoms with E-state index in [0.29, 0.717) is 5.82 Å². The zero-order valence-electron chi connectivity index (χ0n) is 11.8. The Morgan fingerprint density at radius 3 is 2.26 bits per heavy atom. The van der Waals surface area contributed by atoms with Crippen LogP contribution in [0.1, 0.15) is 13.3 Å². The molecular weight excluding hydrogens is 317 g/mol. The number of carbonyl (C=O) groups is 2. The Labute approximate surface area is 128 Å². The van der Waals surface area contributed by atoms with Gasteiger partial charge < -0.3 is 4.74 Å². The van der Waals surface area contributed by atoms with Gasteiger partial charge in [-0.05, 0) is 12.1 Å². The molecule has 0 amide bonds. The minimum atomic E-state index is -5.09. The Bertz CT molecular complexity index is 598. The van der Waals surface area contributed by atoms with Crippen molar-refractivity contribution in [3.8, 4) is 11.4 Å². The van der Waals surface area contributed by atoms with E-state index < -0.39 is 18.1 Å². The highest BCUT2D eigenvalue weighted by Crippen LogP contribution is 2.16. The number of halogens is 3. The van der Waals surface area contributed by atoms with Crippen LogP contribution in [0.2, 0.25) is 0 Å². The number of nitrogens with zero attached hydrogens (tertiary/aromatic N) is 4. The molecule has 10 heteroatoms. The normalized spacial score (nSPS) is 10.3. The molecule has 0 radical (unpaired) electrons. The van der Waals surface area contributed by atoms with Crippen molar-refractivity contribution >= 4 is 11.9 Å². The molecule has 2 aromatic heterocycles. The molecule has 23 heavy (non-hydrogen) atoms. The summed E-state index contributed by atoms with van der Waals surface area (Å²) in [6, 6.07) is 3.60. The van der Waals surface area contributed by atoms with Crippen molar-refractivity contribution in [3.63, 3.8) is 0 Å². The van der Waals surface area contributed by atoms with Gasteiger partial charge >= 0.3 is 18.1 Å². The zero-order chi connectivity index (χ0) is 17.3. The first kappa shape index (κ1) is 18.1. The largest absolute Gasteiger partial charge is 0.491 e. The molecule has 0 aliphatic heterocycles. The molecule has 0 aliphatic carbocycles. The lowest BCUT2D eigenvalue weighted by Crippen LogP contribution is -2.27. The summed E-state index contributed by atoms with van der Waals surface area (Å²) in [5.74, 6) is -2.98. The van der Waals surface area contributed by atoms with E-state index in [9.17, 15) is 22.8 Å². The van der Waals surface area contributed by atoms with Crippen LogP contribution < -0.4 is 0 Å². The summed E-state index contributed by atoms with van der Waals surface area (Å²) in [5, 5.41) is 7.40. The summed E-state index contributed by atoms with van der Waals surface area (Å²) in [7, 11) is 0. The van der Waals surface area contributed by atoms with Crippen LogP contribution in [0.4, 0.5) is 13.2 Å². The van der Waals surface area contributed by atoms with Crippen LogP contribution in [-0.2, 0) is 14.3 Å². The van der Waals surface area contributed by atoms with Crippen molar-refractivity contribution < 1.29 is 27.5 Å². The van der Waals surface area contributed by atoms with E-state index in [0.717, 1.165) is 5.56 Å². The summed E-state index contributed by atoms with van der Waals surface area (Å²) in [4.78, 5) is 28.1. The fraction of sp³-hybridized carbons (Fsp3) is 0.231. The van der Waals surface area contributed by atoms with Gasteiger partial charge in [0.2, 0.25) is 0 Å². The predicted octanol–water partition coefficient (Wildman–Crippen LogP) is 1.96. The number of esters is 2. The molecule has 0 spiro atoms. The highest BCUT2D eigenvalue weighted by molar-refractivity contribution is 5.88.